The Bertz CT molecular complexity index is 609. The van der Waals surface area contributed by atoms with E-state index in [0.29, 0.717) is 29.7 Å². The van der Waals surface area contributed by atoms with Crippen LogP contribution in [0, 0.1) is 0 Å². The highest BCUT2D eigenvalue weighted by Crippen LogP contribution is 2.17. The molecule has 6 nitrogen and oxygen atoms in total. The van der Waals surface area contributed by atoms with Gasteiger partial charge in [-0.25, -0.2) is 9.67 Å². The monoisotopic (exact) mass is 307 g/mol. The highest BCUT2D eigenvalue weighted by atomic mass is 35.5. The van der Waals surface area contributed by atoms with Crippen molar-refractivity contribution in [1.29, 1.82) is 0 Å². The summed E-state index contributed by atoms with van der Waals surface area (Å²) >= 11 is 6.07. The molecule has 1 N–H and O–H groups in total. The zero-order chi connectivity index (χ0) is 15.2. The van der Waals surface area contributed by atoms with Crippen LogP contribution >= 0.6 is 11.6 Å². The second-order valence-electron chi connectivity index (χ2n) is 4.37. The molecule has 2 aromatic heterocycles. The Labute approximate surface area is 128 Å². The number of carbonyl (C=O) groups is 1. The summed E-state index contributed by atoms with van der Waals surface area (Å²) in [5, 5.41) is 7.84. The second-order valence-corrected chi connectivity index (χ2v) is 4.78. The third-order valence-electron chi connectivity index (χ3n) is 3.08. The Hall–Kier alpha value is -2.08. The molecule has 112 valence electrons. The Morgan fingerprint density at radius 2 is 2.14 bits per heavy atom. The number of pyridine rings is 1. The normalized spacial score (nSPS) is 10.4. The summed E-state index contributed by atoms with van der Waals surface area (Å²) in [5.74, 6) is 1.21. The van der Waals surface area contributed by atoms with Crippen molar-refractivity contribution < 1.29 is 4.79 Å². The number of nitrogens with zero attached hydrogens (tertiary/aromatic N) is 4. The first kappa shape index (κ1) is 15.3. The van der Waals surface area contributed by atoms with Crippen LogP contribution in [0.25, 0.3) is 5.82 Å². The quantitative estimate of drug-likeness (QED) is 0.888. The third kappa shape index (κ3) is 3.72. The summed E-state index contributed by atoms with van der Waals surface area (Å²) in [6, 6.07) is 5.29. The molecule has 21 heavy (non-hydrogen) atoms. The van der Waals surface area contributed by atoms with Gasteiger partial charge in [0.1, 0.15) is 5.82 Å². The smallest absolute Gasteiger partial charge is 0.241 e. The van der Waals surface area contributed by atoms with E-state index >= 15 is 0 Å². The Morgan fingerprint density at radius 1 is 1.38 bits per heavy atom. The minimum Gasteiger partial charge on any atom is -0.360 e. The van der Waals surface area contributed by atoms with E-state index in [0.717, 1.165) is 0 Å². The maximum absolute atomic E-state index is 11.9. The first-order valence-corrected chi connectivity index (χ1v) is 7.21. The number of hydrogen-bond donors (Lipinski definition) is 1. The number of amides is 1. The van der Waals surface area contributed by atoms with E-state index in [4.69, 9.17) is 11.6 Å². The fourth-order valence-electron chi connectivity index (χ4n) is 1.94. The van der Waals surface area contributed by atoms with Crippen LogP contribution in [0.4, 0.5) is 5.82 Å². The van der Waals surface area contributed by atoms with Gasteiger partial charge in [0.25, 0.3) is 0 Å². The van der Waals surface area contributed by atoms with Crippen molar-refractivity contribution in [1.82, 2.24) is 19.7 Å². The molecule has 7 heteroatoms. The summed E-state index contributed by atoms with van der Waals surface area (Å²) in [6.45, 7) is 5.54. The van der Waals surface area contributed by atoms with Crippen molar-refractivity contribution in [3.05, 3.63) is 35.6 Å². The van der Waals surface area contributed by atoms with Crippen LogP contribution < -0.4 is 5.32 Å². The number of anilines is 1. The van der Waals surface area contributed by atoms with Gasteiger partial charge in [0, 0.05) is 31.5 Å². The van der Waals surface area contributed by atoms with Crippen molar-refractivity contribution in [2.75, 3.05) is 25.0 Å². The van der Waals surface area contributed by atoms with Crippen molar-refractivity contribution in [2.24, 2.45) is 0 Å². The molecule has 0 saturated carbocycles. The van der Waals surface area contributed by atoms with Gasteiger partial charge in [-0.15, -0.1) is 5.10 Å². The van der Waals surface area contributed by atoms with Crippen LogP contribution in [0.3, 0.4) is 0 Å². The average molecular weight is 308 g/mol. The van der Waals surface area contributed by atoms with Gasteiger partial charge < -0.3 is 10.2 Å². The summed E-state index contributed by atoms with van der Waals surface area (Å²) in [4.78, 5) is 17.8. The lowest BCUT2D eigenvalue weighted by Crippen LogP contribution is -2.35. The Kier molecular flexibility index (Phi) is 5.16. The standard InChI is InChI=1S/C14H18ClN5O/c1-3-19(4-2)13(21)10-17-12-7-9-20(18-12)14-11(15)6-5-8-16-14/h5-9H,3-4,10H2,1-2H3,(H,17,18). The lowest BCUT2D eigenvalue weighted by Gasteiger charge is -2.18. The topological polar surface area (TPSA) is 63.1 Å². The van der Waals surface area contributed by atoms with E-state index in [1.54, 1.807) is 40.2 Å². The lowest BCUT2D eigenvalue weighted by atomic mass is 10.4. The molecule has 0 atom stereocenters. The summed E-state index contributed by atoms with van der Waals surface area (Å²) in [5.41, 5.74) is 0. The van der Waals surface area contributed by atoms with Gasteiger partial charge >= 0.3 is 0 Å². The number of carbonyl (C=O) groups excluding carboxylic acids is 1. The zero-order valence-electron chi connectivity index (χ0n) is 12.1. The van der Waals surface area contributed by atoms with E-state index < -0.39 is 0 Å². The fourth-order valence-corrected chi connectivity index (χ4v) is 2.14. The largest absolute Gasteiger partial charge is 0.360 e. The van der Waals surface area contributed by atoms with Crippen LogP contribution in [0.1, 0.15) is 13.8 Å². The van der Waals surface area contributed by atoms with Gasteiger partial charge in [-0.1, -0.05) is 11.6 Å². The molecule has 0 spiro atoms. The first-order chi connectivity index (χ1) is 10.2. The lowest BCUT2D eigenvalue weighted by molar-refractivity contribution is -0.128. The maximum atomic E-state index is 11.9. The molecule has 0 fully saturated rings. The Balaban J connectivity index is 2.01. The predicted molar refractivity (Wildman–Crippen MR) is 82.8 cm³/mol. The number of halogens is 1. The molecular formula is C14H18ClN5O. The van der Waals surface area contributed by atoms with Gasteiger partial charge in [0.15, 0.2) is 5.82 Å². The minimum atomic E-state index is 0.0467. The van der Waals surface area contributed by atoms with Crippen molar-refractivity contribution in [3.8, 4) is 5.82 Å². The summed E-state index contributed by atoms with van der Waals surface area (Å²) < 4.78 is 1.58. The SMILES string of the molecule is CCN(CC)C(=O)CNc1ccn(-c2ncccc2Cl)n1. The van der Waals surface area contributed by atoms with Crippen LogP contribution in [0.15, 0.2) is 30.6 Å². The fraction of sp³-hybridized carbons (Fsp3) is 0.357. The predicted octanol–water partition coefficient (Wildman–Crippen LogP) is 2.20. The van der Waals surface area contributed by atoms with Gasteiger partial charge in [-0.3, -0.25) is 4.79 Å². The number of likely N-dealkylation sites (N-methyl/N-ethyl adjacent to an activating group) is 1. The molecule has 0 radical (unpaired) electrons. The van der Waals surface area contributed by atoms with E-state index in [2.05, 4.69) is 15.4 Å². The summed E-state index contributed by atoms with van der Waals surface area (Å²) in [7, 11) is 0. The van der Waals surface area contributed by atoms with E-state index in [9.17, 15) is 4.79 Å². The molecule has 2 rings (SSSR count). The van der Waals surface area contributed by atoms with Gasteiger partial charge in [0.05, 0.1) is 11.6 Å². The van der Waals surface area contributed by atoms with Crippen molar-refractivity contribution in [2.45, 2.75) is 13.8 Å². The molecule has 0 saturated heterocycles. The van der Waals surface area contributed by atoms with E-state index in [1.165, 1.54) is 0 Å². The van der Waals surface area contributed by atoms with E-state index in [-0.39, 0.29) is 12.5 Å². The molecule has 0 aromatic carbocycles. The highest BCUT2D eigenvalue weighted by molar-refractivity contribution is 6.32. The van der Waals surface area contributed by atoms with E-state index in [1.807, 2.05) is 13.8 Å². The first-order valence-electron chi connectivity index (χ1n) is 6.84. The Morgan fingerprint density at radius 3 is 2.81 bits per heavy atom. The molecular weight excluding hydrogens is 290 g/mol. The van der Waals surface area contributed by atoms with Gasteiger partial charge in [-0.05, 0) is 26.0 Å². The number of nitrogens with one attached hydrogen (secondary N) is 1. The van der Waals surface area contributed by atoms with Gasteiger partial charge in [-0.2, -0.15) is 0 Å². The number of hydrogen-bond acceptors (Lipinski definition) is 4. The summed E-state index contributed by atoms with van der Waals surface area (Å²) in [6.07, 6.45) is 3.40. The van der Waals surface area contributed by atoms with Crippen LogP contribution in [0.5, 0.6) is 0 Å². The molecule has 0 aliphatic rings. The maximum Gasteiger partial charge on any atom is 0.241 e. The second kappa shape index (κ2) is 7.08. The molecule has 2 heterocycles. The molecule has 0 bridgehead atoms. The van der Waals surface area contributed by atoms with Gasteiger partial charge in [0.2, 0.25) is 5.91 Å². The van der Waals surface area contributed by atoms with Crippen molar-refractivity contribution in [3.63, 3.8) is 0 Å². The molecule has 0 unspecified atom stereocenters. The van der Waals surface area contributed by atoms with Crippen molar-refractivity contribution >= 4 is 23.3 Å². The van der Waals surface area contributed by atoms with Crippen LogP contribution in [-0.2, 0) is 4.79 Å². The highest BCUT2D eigenvalue weighted by Gasteiger charge is 2.10. The minimum absolute atomic E-state index is 0.0467. The number of rotatable bonds is 6. The van der Waals surface area contributed by atoms with Crippen LogP contribution in [0.2, 0.25) is 5.02 Å². The van der Waals surface area contributed by atoms with Crippen LogP contribution in [-0.4, -0.2) is 45.2 Å². The average Bonchev–Trinajstić information content (AvgIpc) is 2.95. The number of aromatic nitrogens is 3. The third-order valence-corrected chi connectivity index (χ3v) is 3.38. The molecule has 2 aromatic rings. The zero-order valence-corrected chi connectivity index (χ0v) is 12.8. The molecule has 0 aliphatic carbocycles. The molecule has 0 aliphatic heterocycles. The molecule has 1 amide bonds.